The van der Waals surface area contributed by atoms with Crippen molar-refractivity contribution in [2.75, 3.05) is 6.54 Å². The van der Waals surface area contributed by atoms with Crippen molar-refractivity contribution in [2.24, 2.45) is 5.92 Å². The van der Waals surface area contributed by atoms with Gasteiger partial charge in [0, 0.05) is 19.0 Å². The number of rotatable bonds is 2. The van der Waals surface area contributed by atoms with E-state index < -0.39 is 0 Å². The maximum absolute atomic E-state index is 13.0. The summed E-state index contributed by atoms with van der Waals surface area (Å²) in [5.74, 6) is 1.14. The molecule has 1 aliphatic carbocycles. The maximum Gasteiger partial charge on any atom is 0.157 e. The average Bonchev–Trinajstić information content (AvgIpc) is 2.51. The molecular weight excluding hydrogens is 258 g/mol. The molecule has 1 saturated carbocycles. The van der Waals surface area contributed by atoms with Gasteiger partial charge < -0.3 is 0 Å². The second-order valence-electron chi connectivity index (χ2n) is 7.04. The molecule has 1 saturated heterocycles. The fraction of sp³-hybridized carbons (Fsp3) is 0.632. The summed E-state index contributed by atoms with van der Waals surface area (Å²) < 4.78 is 0. The van der Waals surface area contributed by atoms with Crippen molar-refractivity contribution in [1.29, 1.82) is 0 Å². The van der Waals surface area contributed by atoms with Crippen LogP contribution in [0.5, 0.6) is 0 Å². The van der Waals surface area contributed by atoms with Crippen LogP contribution >= 0.6 is 0 Å². The molecule has 2 unspecified atom stereocenters. The molecule has 2 nitrogen and oxygen atoms in total. The fourth-order valence-corrected chi connectivity index (χ4v) is 4.32. The first-order chi connectivity index (χ1) is 10.1. The molecule has 2 aliphatic rings. The van der Waals surface area contributed by atoms with Gasteiger partial charge in [-0.2, -0.15) is 0 Å². The first-order valence-corrected chi connectivity index (χ1v) is 8.50. The van der Waals surface area contributed by atoms with E-state index >= 15 is 0 Å². The van der Waals surface area contributed by atoms with Crippen molar-refractivity contribution in [1.82, 2.24) is 4.90 Å². The smallest absolute Gasteiger partial charge is 0.157 e. The zero-order chi connectivity index (χ0) is 14.9. The summed E-state index contributed by atoms with van der Waals surface area (Å²) in [7, 11) is 0. The Morgan fingerprint density at radius 1 is 1.10 bits per heavy atom. The Morgan fingerprint density at radius 3 is 2.57 bits per heavy atom. The lowest BCUT2D eigenvalue weighted by atomic mass is 9.72. The Labute approximate surface area is 128 Å². The lowest BCUT2D eigenvalue weighted by molar-refractivity contribution is -0.139. The number of ketones is 1. The SMILES string of the molecule is CC1CCC(C)N([C@@]2(c3ccccc3)CCCCC2=O)C1. The molecule has 2 heteroatoms. The highest BCUT2D eigenvalue weighted by Crippen LogP contribution is 2.43. The normalized spacial score (nSPS) is 34.9. The number of benzene rings is 1. The molecular formula is C19H27NO. The molecule has 2 fully saturated rings. The van der Waals surface area contributed by atoms with Crippen LogP contribution in [0.15, 0.2) is 30.3 Å². The van der Waals surface area contributed by atoms with E-state index in [1.165, 1.54) is 18.4 Å². The topological polar surface area (TPSA) is 20.3 Å². The van der Waals surface area contributed by atoms with E-state index in [-0.39, 0.29) is 5.54 Å². The van der Waals surface area contributed by atoms with Gasteiger partial charge in [-0.15, -0.1) is 0 Å². The minimum atomic E-state index is -0.354. The predicted octanol–water partition coefficient (Wildman–Crippen LogP) is 4.15. The second-order valence-corrected chi connectivity index (χ2v) is 7.04. The summed E-state index contributed by atoms with van der Waals surface area (Å²) in [5.41, 5.74) is 0.865. The molecule has 1 aliphatic heterocycles. The van der Waals surface area contributed by atoms with E-state index in [1.54, 1.807) is 0 Å². The van der Waals surface area contributed by atoms with Gasteiger partial charge in [-0.3, -0.25) is 9.69 Å². The van der Waals surface area contributed by atoms with Crippen LogP contribution in [-0.4, -0.2) is 23.3 Å². The van der Waals surface area contributed by atoms with Crippen LogP contribution < -0.4 is 0 Å². The lowest BCUT2D eigenvalue weighted by Crippen LogP contribution is -2.59. The van der Waals surface area contributed by atoms with Crippen LogP contribution in [0.3, 0.4) is 0 Å². The summed E-state index contributed by atoms with van der Waals surface area (Å²) in [5, 5.41) is 0. The Hall–Kier alpha value is -1.15. The van der Waals surface area contributed by atoms with E-state index in [1.807, 2.05) is 6.07 Å². The lowest BCUT2D eigenvalue weighted by Gasteiger charge is -2.51. The molecule has 0 bridgehead atoms. The van der Waals surface area contributed by atoms with Crippen LogP contribution in [0, 0.1) is 5.92 Å². The van der Waals surface area contributed by atoms with E-state index in [2.05, 4.69) is 43.0 Å². The van der Waals surface area contributed by atoms with Crippen molar-refractivity contribution in [2.45, 2.75) is 64.0 Å². The Kier molecular flexibility index (Phi) is 4.17. The Balaban J connectivity index is 2.05. The highest BCUT2D eigenvalue weighted by molar-refractivity contribution is 5.90. The number of carbonyl (C=O) groups excluding carboxylic acids is 1. The third-order valence-electron chi connectivity index (χ3n) is 5.51. The van der Waals surface area contributed by atoms with Gasteiger partial charge in [-0.1, -0.05) is 43.7 Å². The molecule has 0 N–H and O–H groups in total. The largest absolute Gasteiger partial charge is 0.297 e. The fourth-order valence-electron chi connectivity index (χ4n) is 4.32. The number of carbonyl (C=O) groups is 1. The van der Waals surface area contributed by atoms with Crippen molar-refractivity contribution >= 4 is 5.78 Å². The number of hydrogen-bond donors (Lipinski definition) is 0. The Bertz CT molecular complexity index is 498. The third kappa shape index (κ3) is 2.55. The number of piperidine rings is 1. The monoisotopic (exact) mass is 285 g/mol. The van der Waals surface area contributed by atoms with Crippen LogP contribution in [0.2, 0.25) is 0 Å². The minimum Gasteiger partial charge on any atom is -0.297 e. The van der Waals surface area contributed by atoms with Gasteiger partial charge in [-0.05, 0) is 44.1 Å². The molecule has 0 amide bonds. The highest BCUT2D eigenvalue weighted by atomic mass is 16.1. The van der Waals surface area contributed by atoms with Crippen LogP contribution in [-0.2, 0) is 10.3 Å². The second kappa shape index (κ2) is 5.92. The zero-order valence-corrected chi connectivity index (χ0v) is 13.3. The van der Waals surface area contributed by atoms with E-state index in [0.717, 1.165) is 32.2 Å². The van der Waals surface area contributed by atoms with Gasteiger partial charge in [0.2, 0.25) is 0 Å². The predicted molar refractivity (Wildman–Crippen MR) is 86.2 cm³/mol. The average molecular weight is 285 g/mol. The van der Waals surface area contributed by atoms with Gasteiger partial charge in [-0.25, -0.2) is 0 Å². The van der Waals surface area contributed by atoms with Gasteiger partial charge in [0.05, 0.1) is 0 Å². The first kappa shape index (κ1) is 14.8. The van der Waals surface area contributed by atoms with Crippen molar-refractivity contribution in [3.05, 3.63) is 35.9 Å². The molecule has 1 heterocycles. The molecule has 3 atom stereocenters. The quantitative estimate of drug-likeness (QED) is 0.813. The van der Waals surface area contributed by atoms with Gasteiger partial charge >= 0.3 is 0 Å². The zero-order valence-electron chi connectivity index (χ0n) is 13.3. The number of nitrogens with zero attached hydrogens (tertiary/aromatic N) is 1. The van der Waals surface area contributed by atoms with Crippen LogP contribution in [0.1, 0.15) is 57.9 Å². The number of likely N-dealkylation sites (tertiary alicyclic amines) is 1. The summed E-state index contributed by atoms with van der Waals surface area (Å²) in [4.78, 5) is 15.6. The number of Topliss-reactive ketones (excluding diaryl/α,β-unsaturated/α-hetero) is 1. The third-order valence-corrected chi connectivity index (χ3v) is 5.51. The van der Waals surface area contributed by atoms with E-state index in [0.29, 0.717) is 17.7 Å². The van der Waals surface area contributed by atoms with Gasteiger partial charge in [0.15, 0.2) is 5.78 Å². The van der Waals surface area contributed by atoms with Crippen molar-refractivity contribution in [3.8, 4) is 0 Å². The van der Waals surface area contributed by atoms with Gasteiger partial charge in [0.1, 0.15) is 5.54 Å². The van der Waals surface area contributed by atoms with E-state index in [4.69, 9.17) is 0 Å². The van der Waals surface area contributed by atoms with E-state index in [9.17, 15) is 4.79 Å². The Morgan fingerprint density at radius 2 is 1.86 bits per heavy atom. The molecule has 0 radical (unpaired) electrons. The van der Waals surface area contributed by atoms with Crippen LogP contribution in [0.25, 0.3) is 0 Å². The summed E-state index contributed by atoms with van der Waals surface area (Å²) >= 11 is 0. The molecule has 114 valence electrons. The minimum absolute atomic E-state index is 0.354. The standard InChI is InChI=1S/C19H27NO/c1-15-11-12-16(2)20(14-15)19(13-7-6-10-18(19)21)17-8-4-3-5-9-17/h3-5,8-9,15-16H,6-7,10-14H2,1-2H3/t15?,16?,19-/m1/s1. The molecule has 0 spiro atoms. The molecule has 21 heavy (non-hydrogen) atoms. The molecule has 1 aromatic rings. The summed E-state index contributed by atoms with van der Waals surface area (Å²) in [6.45, 7) is 5.69. The van der Waals surface area contributed by atoms with Gasteiger partial charge in [0.25, 0.3) is 0 Å². The maximum atomic E-state index is 13.0. The highest BCUT2D eigenvalue weighted by Gasteiger charge is 2.48. The van der Waals surface area contributed by atoms with Crippen molar-refractivity contribution < 1.29 is 4.79 Å². The van der Waals surface area contributed by atoms with Crippen molar-refractivity contribution in [3.63, 3.8) is 0 Å². The summed E-state index contributed by atoms with van der Waals surface area (Å²) in [6, 6.07) is 11.0. The molecule has 0 aromatic heterocycles. The molecule has 1 aromatic carbocycles. The summed E-state index contributed by atoms with van der Waals surface area (Å²) in [6.07, 6.45) is 6.46. The number of hydrogen-bond acceptors (Lipinski definition) is 2. The van der Waals surface area contributed by atoms with Crippen LogP contribution in [0.4, 0.5) is 0 Å². The first-order valence-electron chi connectivity index (χ1n) is 8.50. The molecule has 3 rings (SSSR count).